The van der Waals surface area contributed by atoms with Gasteiger partial charge in [0.15, 0.2) is 11.4 Å². The van der Waals surface area contributed by atoms with Crippen LogP contribution in [0.15, 0.2) is 77.8 Å². The highest BCUT2D eigenvalue weighted by Gasteiger charge is 2.51. The van der Waals surface area contributed by atoms with Gasteiger partial charge >= 0.3 is 0 Å². The number of para-hydroxylation sites is 1. The van der Waals surface area contributed by atoms with Crippen LogP contribution in [0.3, 0.4) is 0 Å². The van der Waals surface area contributed by atoms with Gasteiger partial charge in [-0.2, -0.15) is 4.98 Å². The van der Waals surface area contributed by atoms with Gasteiger partial charge in [-0.3, -0.25) is 24.7 Å². The van der Waals surface area contributed by atoms with Crippen molar-refractivity contribution in [1.29, 1.82) is 0 Å². The number of piperidine rings is 1. The summed E-state index contributed by atoms with van der Waals surface area (Å²) in [4.78, 5) is 43.6. The summed E-state index contributed by atoms with van der Waals surface area (Å²) >= 11 is 0. The molecule has 20 heteroatoms. The fraction of sp³-hybridized carbons (Fsp3) is 0.509. The molecule has 6 fully saturated rings. The van der Waals surface area contributed by atoms with Crippen LogP contribution in [0, 0.1) is 15.5 Å². The number of ether oxygens (including phenoxy) is 5. The van der Waals surface area contributed by atoms with E-state index in [1.54, 1.807) is 12.3 Å². The van der Waals surface area contributed by atoms with Crippen LogP contribution in [0.1, 0.15) is 80.8 Å². The molecule has 3 N–H and O–H groups in total. The molecule has 19 nitrogen and oxygen atoms in total. The molecule has 1 spiro atoms. The highest BCUT2D eigenvalue weighted by atomic mass is 32.2. The van der Waals surface area contributed by atoms with Crippen LogP contribution in [0.5, 0.6) is 17.4 Å². The van der Waals surface area contributed by atoms with Gasteiger partial charge in [-0.1, -0.05) is 18.2 Å². The summed E-state index contributed by atoms with van der Waals surface area (Å²) < 4.78 is 61.5. The number of aromatic nitrogens is 2. The molecule has 3 aromatic carbocycles. The molecule has 5 saturated heterocycles. The molecular formula is C53H61N9O10S. The molecular weight excluding hydrogens is 955 g/mol. The molecule has 8 aliphatic rings. The fourth-order valence-electron chi connectivity index (χ4n) is 13.2. The lowest BCUT2D eigenvalue weighted by Gasteiger charge is -2.56. The van der Waals surface area contributed by atoms with Crippen LogP contribution in [-0.4, -0.2) is 141 Å². The molecule has 9 heterocycles. The first kappa shape index (κ1) is 46.6. The third-order valence-electron chi connectivity index (χ3n) is 16.8. The molecule has 1 aliphatic carbocycles. The van der Waals surface area contributed by atoms with Crippen molar-refractivity contribution in [3.05, 3.63) is 94.2 Å². The smallest absolute Gasteiger partial charge is 0.297 e. The number of nitrogens with zero attached hydrogens (tertiary/aromatic N) is 6. The van der Waals surface area contributed by atoms with Crippen LogP contribution < -0.4 is 34.0 Å². The SMILES string of the molecule is CC(C)Oc1ccccc1[C@@H]1CCCN1C1CC2(CCN(c3ccc(C(=O)NS(=O)(=O)c4cc5c(c([N+](=O)[O-])c4)N[C@H](CN4C[C@H]6C[C@@H]4CO6)CO5)c(N4c5cc6cc[nH]c6nc5O[C@@H]5COC[C@H]54)c3)CC2)C1. The molecule has 384 valence electrons. The average molecular weight is 1020 g/mol. The van der Waals surface area contributed by atoms with Crippen LogP contribution >= 0.6 is 0 Å². The first-order chi connectivity index (χ1) is 35.3. The van der Waals surface area contributed by atoms with E-state index >= 15 is 0 Å². The standard InChI is InChI=1S/C53H61N9O10S/c1-31(2)71-46-8-4-3-6-39(46)41-7-5-15-60(41)36-23-53(24-36)12-16-58(17-13-53)34-9-10-40(42(20-34)61-44-18-32-11-14-54-50(32)56-52(44)72-48-30-68-29-45(48)61)51(63)57-73(66,67)38-21-43(62(64)65)49-47(22-38)70-27-33(55-49)25-59-26-37-19-35(59)28-69-37/h3-4,6,8-11,14,18,20-22,31,33,35-37,41,45,48,55H,5,7,12-13,15-17,19,23-30H2,1-2H3,(H,54,56)(H,57,63)/t33-,35-,37-,41+,45-,48-/m1/s1. The predicted octanol–water partition coefficient (Wildman–Crippen LogP) is 6.91. The van der Waals surface area contributed by atoms with E-state index in [0.717, 1.165) is 87.6 Å². The minimum atomic E-state index is -4.70. The molecule has 1 amide bonds. The second-order valence-electron chi connectivity index (χ2n) is 21.7. The summed E-state index contributed by atoms with van der Waals surface area (Å²) in [5, 5.41) is 16.7. The number of nitro benzene ring substituents is 1. The molecule has 5 aromatic rings. The Morgan fingerprint density at radius 1 is 1.00 bits per heavy atom. The lowest BCUT2D eigenvalue weighted by atomic mass is 9.60. The van der Waals surface area contributed by atoms with E-state index in [0.29, 0.717) is 67.4 Å². The van der Waals surface area contributed by atoms with Crippen LogP contribution in [-0.2, 0) is 19.5 Å². The van der Waals surface area contributed by atoms with Crippen LogP contribution in [0.4, 0.5) is 28.4 Å². The van der Waals surface area contributed by atoms with Gasteiger partial charge in [-0.25, -0.2) is 13.1 Å². The van der Waals surface area contributed by atoms with Crippen molar-refractivity contribution in [1.82, 2.24) is 24.5 Å². The lowest BCUT2D eigenvalue weighted by molar-refractivity contribution is -0.384. The zero-order valence-corrected chi connectivity index (χ0v) is 41.9. The van der Waals surface area contributed by atoms with Gasteiger partial charge in [0.2, 0.25) is 5.88 Å². The summed E-state index contributed by atoms with van der Waals surface area (Å²) in [6, 6.07) is 20.7. The topological polar surface area (TPSA) is 206 Å². The van der Waals surface area contributed by atoms with Crippen molar-refractivity contribution in [2.24, 2.45) is 5.41 Å². The van der Waals surface area contributed by atoms with E-state index in [9.17, 15) is 23.3 Å². The number of rotatable bonds is 12. The largest absolute Gasteiger partial charge is 0.491 e. The van der Waals surface area contributed by atoms with Crippen molar-refractivity contribution < 1.29 is 41.8 Å². The molecule has 6 atom stereocenters. The Balaban J connectivity index is 0.773. The number of H-pyrrole nitrogens is 1. The van der Waals surface area contributed by atoms with Crippen molar-refractivity contribution in [3.63, 3.8) is 0 Å². The summed E-state index contributed by atoms with van der Waals surface area (Å²) in [6.07, 6.45) is 9.31. The van der Waals surface area contributed by atoms with Gasteiger partial charge in [0, 0.05) is 79.3 Å². The highest BCUT2D eigenvalue weighted by molar-refractivity contribution is 7.90. The maximum atomic E-state index is 14.8. The number of hydrogen-bond donors (Lipinski definition) is 3. The van der Waals surface area contributed by atoms with Gasteiger partial charge in [0.05, 0.1) is 65.2 Å². The van der Waals surface area contributed by atoms with Gasteiger partial charge in [0.25, 0.3) is 21.6 Å². The second-order valence-corrected chi connectivity index (χ2v) is 23.4. The number of benzene rings is 3. The van der Waals surface area contributed by atoms with Crippen molar-refractivity contribution in [2.75, 3.05) is 74.3 Å². The number of fused-ring (bicyclic) bond motifs is 6. The van der Waals surface area contributed by atoms with E-state index in [-0.39, 0.29) is 53.3 Å². The van der Waals surface area contributed by atoms with E-state index in [4.69, 9.17) is 28.7 Å². The zero-order valence-electron chi connectivity index (χ0n) is 41.0. The van der Waals surface area contributed by atoms with E-state index in [2.05, 4.69) is 67.8 Å². The quantitative estimate of drug-likeness (QED) is 0.0858. The average Bonchev–Trinajstić information content (AvgIpc) is 4.25. The summed E-state index contributed by atoms with van der Waals surface area (Å²) in [5.74, 6) is 0.473. The highest BCUT2D eigenvalue weighted by Crippen LogP contribution is 2.55. The Kier molecular flexibility index (Phi) is 11.5. The number of anilines is 4. The number of likely N-dealkylation sites (tertiary alicyclic amines) is 2. The Morgan fingerprint density at radius 3 is 2.64 bits per heavy atom. The maximum Gasteiger partial charge on any atom is 0.297 e. The van der Waals surface area contributed by atoms with E-state index < -0.39 is 37.5 Å². The van der Waals surface area contributed by atoms with Gasteiger partial charge in [-0.15, -0.1) is 0 Å². The number of carbonyl (C=O) groups excluding carboxylic acids is 1. The normalized spacial score (nSPS) is 26.5. The number of amides is 1. The minimum absolute atomic E-state index is 0.0225. The number of nitrogens with one attached hydrogen (secondary N) is 3. The predicted molar refractivity (Wildman–Crippen MR) is 272 cm³/mol. The monoisotopic (exact) mass is 1020 g/mol. The third kappa shape index (κ3) is 8.38. The number of carbonyl (C=O) groups is 1. The van der Waals surface area contributed by atoms with Crippen molar-refractivity contribution in [2.45, 2.75) is 112 Å². The lowest BCUT2D eigenvalue weighted by Crippen LogP contribution is -2.55. The van der Waals surface area contributed by atoms with Gasteiger partial charge < -0.3 is 43.8 Å². The molecule has 7 aliphatic heterocycles. The summed E-state index contributed by atoms with van der Waals surface area (Å²) in [6.45, 7) is 9.70. The minimum Gasteiger partial charge on any atom is -0.491 e. The Bertz CT molecular complexity index is 3100. The van der Waals surface area contributed by atoms with E-state index in [1.165, 1.54) is 18.1 Å². The molecule has 2 aromatic heterocycles. The number of hydrogen-bond acceptors (Lipinski definition) is 16. The Hall–Kier alpha value is -6.19. The Morgan fingerprint density at radius 2 is 1.85 bits per heavy atom. The number of nitro groups is 1. The number of morpholine rings is 1. The van der Waals surface area contributed by atoms with Crippen molar-refractivity contribution in [3.8, 4) is 17.4 Å². The molecule has 73 heavy (non-hydrogen) atoms. The van der Waals surface area contributed by atoms with Crippen LogP contribution in [0.25, 0.3) is 11.0 Å². The first-order valence-corrected chi connectivity index (χ1v) is 27.4. The zero-order chi connectivity index (χ0) is 49.8. The summed E-state index contributed by atoms with van der Waals surface area (Å²) in [7, 11) is -4.70. The van der Waals surface area contributed by atoms with Gasteiger partial charge in [-0.05, 0) is 107 Å². The summed E-state index contributed by atoms with van der Waals surface area (Å²) in [5.41, 5.74) is 3.89. The Labute approximate surface area is 423 Å². The van der Waals surface area contributed by atoms with Crippen molar-refractivity contribution >= 4 is 55.4 Å². The second kappa shape index (κ2) is 18.0. The number of pyridine rings is 1. The van der Waals surface area contributed by atoms with E-state index in [1.807, 2.05) is 29.2 Å². The number of sulfonamides is 1. The third-order valence-corrected chi connectivity index (χ3v) is 18.1. The maximum absolute atomic E-state index is 14.8. The molecule has 1 saturated carbocycles. The van der Waals surface area contributed by atoms with Gasteiger partial charge in [0.1, 0.15) is 29.8 Å². The molecule has 0 unspecified atom stereocenters. The first-order valence-electron chi connectivity index (χ1n) is 25.9. The molecule has 13 rings (SSSR count). The molecule has 0 radical (unpaired) electrons. The van der Waals surface area contributed by atoms with Crippen LogP contribution in [0.2, 0.25) is 0 Å². The fourth-order valence-corrected chi connectivity index (χ4v) is 14.2. The molecule has 2 bridgehead atoms. The number of aromatic amines is 1.